The van der Waals surface area contributed by atoms with Crippen molar-refractivity contribution in [2.24, 2.45) is 0 Å². The van der Waals surface area contributed by atoms with Gasteiger partial charge in [-0.15, -0.1) is 0 Å². The van der Waals surface area contributed by atoms with E-state index in [9.17, 15) is 4.79 Å². The highest BCUT2D eigenvalue weighted by molar-refractivity contribution is 5.77. The lowest BCUT2D eigenvalue weighted by Crippen LogP contribution is -2.30. The Bertz CT molecular complexity index is 873. The fourth-order valence-electron chi connectivity index (χ4n) is 2.55. The monoisotopic (exact) mass is 366 g/mol. The Morgan fingerprint density at radius 1 is 1.07 bits per heavy atom. The van der Waals surface area contributed by atoms with Crippen molar-refractivity contribution in [3.05, 3.63) is 66.1 Å². The number of aryl methyl sites for hydroxylation is 1. The van der Waals surface area contributed by atoms with Gasteiger partial charge in [0, 0.05) is 18.5 Å². The Kier molecular flexibility index (Phi) is 6.10. The summed E-state index contributed by atoms with van der Waals surface area (Å²) in [4.78, 5) is 16.4. The topological polar surface area (TPSA) is 73.6 Å². The molecule has 0 saturated carbocycles. The molecule has 6 nitrogen and oxygen atoms in total. The fourth-order valence-corrected chi connectivity index (χ4v) is 2.55. The van der Waals surface area contributed by atoms with Gasteiger partial charge in [-0.3, -0.25) is 4.79 Å². The van der Waals surface area contributed by atoms with Gasteiger partial charge in [0.05, 0.1) is 12.8 Å². The minimum Gasteiger partial charge on any atom is -0.497 e. The molecule has 0 aliphatic heterocycles. The van der Waals surface area contributed by atoms with Crippen LogP contribution in [0.15, 0.2) is 59.0 Å². The predicted octanol–water partition coefficient (Wildman–Crippen LogP) is 3.40. The Morgan fingerprint density at radius 3 is 2.52 bits per heavy atom. The van der Waals surface area contributed by atoms with E-state index in [4.69, 9.17) is 13.9 Å². The van der Waals surface area contributed by atoms with Gasteiger partial charge in [-0.2, -0.15) is 0 Å². The largest absolute Gasteiger partial charge is 0.497 e. The minimum absolute atomic E-state index is 0.0150. The number of benzene rings is 2. The molecule has 0 bridgehead atoms. The molecule has 0 fully saturated rings. The number of methoxy groups -OCH3 is 1. The first-order chi connectivity index (χ1) is 13.2. The van der Waals surface area contributed by atoms with Crippen LogP contribution in [0.5, 0.6) is 11.5 Å². The molecule has 0 saturated heterocycles. The number of ether oxygens (including phenoxy) is 2. The van der Waals surface area contributed by atoms with Crippen LogP contribution >= 0.6 is 0 Å². The van der Waals surface area contributed by atoms with Crippen LogP contribution < -0.4 is 14.8 Å². The number of hydrogen-bond donors (Lipinski definition) is 1. The number of carbonyl (C=O) groups is 1. The van der Waals surface area contributed by atoms with Gasteiger partial charge in [-0.25, -0.2) is 4.98 Å². The third-order valence-corrected chi connectivity index (χ3v) is 4.03. The molecule has 0 aliphatic rings. The number of amides is 1. The van der Waals surface area contributed by atoms with E-state index in [0.717, 1.165) is 22.8 Å². The van der Waals surface area contributed by atoms with Gasteiger partial charge < -0.3 is 19.2 Å². The van der Waals surface area contributed by atoms with Crippen LogP contribution in [0.25, 0.3) is 11.5 Å². The van der Waals surface area contributed by atoms with Crippen LogP contribution in [0.4, 0.5) is 0 Å². The molecule has 0 radical (unpaired) electrons. The third kappa shape index (κ3) is 5.10. The van der Waals surface area contributed by atoms with E-state index < -0.39 is 0 Å². The molecule has 0 aliphatic carbocycles. The standard InChI is InChI=1S/C21H22N2O4/c1-15-19(23-21(27-15)16-8-10-17(25-2)11-9-16)12-13-22-20(24)14-26-18-6-4-3-5-7-18/h3-11H,12-14H2,1-2H3,(H,22,24). The minimum atomic E-state index is -0.171. The normalized spacial score (nSPS) is 10.4. The zero-order valence-electron chi connectivity index (χ0n) is 15.4. The highest BCUT2D eigenvalue weighted by Crippen LogP contribution is 2.24. The Morgan fingerprint density at radius 2 is 1.81 bits per heavy atom. The molecule has 3 rings (SSSR count). The number of nitrogens with zero attached hydrogens (tertiary/aromatic N) is 1. The van der Waals surface area contributed by atoms with Gasteiger partial charge in [0.1, 0.15) is 17.3 Å². The van der Waals surface area contributed by atoms with Gasteiger partial charge in [-0.1, -0.05) is 18.2 Å². The van der Waals surface area contributed by atoms with E-state index >= 15 is 0 Å². The predicted molar refractivity (Wildman–Crippen MR) is 102 cm³/mol. The summed E-state index contributed by atoms with van der Waals surface area (Å²) in [6, 6.07) is 16.8. The van der Waals surface area contributed by atoms with E-state index in [1.807, 2.05) is 61.5 Å². The summed E-state index contributed by atoms with van der Waals surface area (Å²) in [5.41, 5.74) is 1.70. The van der Waals surface area contributed by atoms with Crippen molar-refractivity contribution in [2.45, 2.75) is 13.3 Å². The summed E-state index contributed by atoms with van der Waals surface area (Å²) in [6.45, 7) is 2.32. The van der Waals surface area contributed by atoms with E-state index in [-0.39, 0.29) is 12.5 Å². The number of carbonyl (C=O) groups excluding carboxylic acids is 1. The number of hydrogen-bond acceptors (Lipinski definition) is 5. The van der Waals surface area contributed by atoms with Crippen molar-refractivity contribution in [1.29, 1.82) is 0 Å². The zero-order valence-corrected chi connectivity index (χ0v) is 15.4. The average Bonchev–Trinajstić information content (AvgIpc) is 3.08. The van der Waals surface area contributed by atoms with Gasteiger partial charge in [0.15, 0.2) is 6.61 Å². The van der Waals surface area contributed by atoms with Gasteiger partial charge in [0.25, 0.3) is 5.91 Å². The third-order valence-electron chi connectivity index (χ3n) is 4.03. The molecular formula is C21H22N2O4. The summed E-state index contributed by atoms with van der Waals surface area (Å²) in [5, 5.41) is 2.83. The van der Waals surface area contributed by atoms with Crippen molar-refractivity contribution in [3.8, 4) is 23.0 Å². The molecule has 6 heteroatoms. The number of aromatic nitrogens is 1. The van der Waals surface area contributed by atoms with E-state index in [1.165, 1.54) is 0 Å². The zero-order chi connectivity index (χ0) is 19.1. The summed E-state index contributed by atoms with van der Waals surface area (Å²) >= 11 is 0. The molecule has 0 atom stereocenters. The summed E-state index contributed by atoms with van der Waals surface area (Å²) in [7, 11) is 1.63. The first-order valence-electron chi connectivity index (χ1n) is 8.71. The average molecular weight is 366 g/mol. The lowest BCUT2D eigenvalue weighted by Gasteiger charge is -2.06. The van der Waals surface area contributed by atoms with Crippen LogP contribution in [0, 0.1) is 6.92 Å². The number of rotatable bonds is 8. The van der Waals surface area contributed by atoms with Crippen LogP contribution in [-0.2, 0) is 11.2 Å². The van der Waals surface area contributed by atoms with Crippen LogP contribution in [0.3, 0.4) is 0 Å². The second-order valence-corrected chi connectivity index (χ2v) is 5.95. The second-order valence-electron chi connectivity index (χ2n) is 5.95. The highest BCUT2D eigenvalue weighted by Gasteiger charge is 2.12. The number of para-hydroxylation sites is 1. The van der Waals surface area contributed by atoms with Crippen LogP contribution in [0.1, 0.15) is 11.5 Å². The second kappa shape index (κ2) is 8.89. The molecule has 2 aromatic carbocycles. The smallest absolute Gasteiger partial charge is 0.257 e. The Balaban J connectivity index is 1.49. The van der Waals surface area contributed by atoms with Crippen molar-refractivity contribution >= 4 is 5.91 Å². The van der Waals surface area contributed by atoms with Crippen molar-refractivity contribution in [3.63, 3.8) is 0 Å². The molecule has 27 heavy (non-hydrogen) atoms. The van der Waals surface area contributed by atoms with E-state index in [1.54, 1.807) is 7.11 Å². The van der Waals surface area contributed by atoms with E-state index in [2.05, 4.69) is 10.3 Å². The maximum Gasteiger partial charge on any atom is 0.257 e. The summed E-state index contributed by atoms with van der Waals surface area (Å²) in [6.07, 6.45) is 0.586. The van der Waals surface area contributed by atoms with E-state index in [0.29, 0.717) is 24.6 Å². The van der Waals surface area contributed by atoms with Crippen LogP contribution in [0.2, 0.25) is 0 Å². The first-order valence-corrected chi connectivity index (χ1v) is 8.71. The Hall–Kier alpha value is -3.28. The number of nitrogens with one attached hydrogen (secondary N) is 1. The van der Waals surface area contributed by atoms with Gasteiger partial charge in [0.2, 0.25) is 5.89 Å². The fraction of sp³-hybridized carbons (Fsp3) is 0.238. The molecule has 3 aromatic rings. The molecule has 140 valence electrons. The summed E-state index contributed by atoms with van der Waals surface area (Å²) < 4.78 is 16.3. The maximum absolute atomic E-state index is 11.9. The number of oxazole rings is 1. The molecule has 1 amide bonds. The molecular weight excluding hydrogens is 344 g/mol. The molecule has 0 spiro atoms. The SMILES string of the molecule is COc1ccc(-c2nc(CCNC(=O)COc3ccccc3)c(C)o2)cc1. The maximum atomic E-state index is 11.9. The van der Waals surface area contributed by atoms with Crippen molar-refractivity contribution < 1.29 is 18.7 Å². The quantitative estimate of drug-likeness (QED) is 0.661. The van der Waals surface area contributed by atoms with Crippen LogP contribution in [-0.4, -0.2) is 31.2 Å². The molecule has 1 N–H and O–H groups in total. The lowest BCUT2D eigenvalue weighted by molar-refractivity contribution is -0.123. The van der Waals surface area contributed by atoms with Gasteiger partial charge in [-0.05, 0) is 43.3 Å². The lowest BCUT2D eigenvalue weighted by atomic mass is 10.2. The molecule has 0 unspecified atom stereocenters. The van der Waals surface area contributed by atoms with Gasteiger partial charge >= 0.3 is 0 Å². The summed E-state index contributed by atoms with van der Waals surface area (Å²) in [5.74, 6) is 2.58. The van der Waals surface area contributed by atoms with Crippen molar-refractivity contribution in [2.75, 3.05) is 20.3 Å². The highest BCUT2D eigenvalue weighted by atomic mass is 16.5. The van der Waals surface area contributed by atoms with Crippen molar-refractivity contribution in [1.82, 2.24) is 10.3 Å². The Labute approximate surface area is 158 Å². The molecule has 1 aromatic heterocycles. The molecule has 1 heterocycles. The first kappa shape index (κ1) is 18.5.